The zero-order chi connectivity index (χ0) is 22.5. The number of hydrogen-bond donors (Lipinski definition) is 1. The number of methoxy groups -OCH3 is 3. The van der Waals surface area contributed by atoms with Gasteiger partial charge in [0.05, 0.1) is 26.8 Å². The summed E-state index contributed by atoms with van der Waals surface area (Å²) in [6, 6.07) is 9.91. The Bertz CT molecular complexity index is 1150. The molecule has 1 amide bonds. The van der Waals surface area contributed by atoms with Crippen molar-refractivity contribution < 1.29 is 28.5 Å². The summed E-state index contributed by atoms with van der Waals surface area (Å²) in [6.45, 7) is 1.50. The van der Waals surface area contributed by atoms with Crippen molar-refractivity contribution in [3.63, 3.8) is 0 Å². The Kier molecular flexibility index (Phi) is 6.81. The number of nitrogens with one attached hydrogen (secondary N) is 1. The van der Waals surface area contributed by atoms with E-state index in [9.17, 15) is 9.59 Å². The van der Waals surface area contributed by atoms with Gasteiger partial charge in [0.1, 0.15) is 5.75 Å². The number of halogens is 1. The highest BCUT2D eigenvalue weighted by Crippen LogP contribution is 2.36. The molecule has 3 aromatic rings. The maximum atomic E-state index is 12.5. The minimum atomic E-state index is -0.638. The number of rotatable bonds is 7. The van der Waals surface area contributed by atoms with E-state index in [1.807, 2.05) is 0 Å². The van der Waals surface area contributed by atoms with Gasteiger partial charge in [-0.05, 0) is 30.7 Å². The second kappa shape index (κ2) is 9.53. The molecule has 2 aromatic carbocycles. The molecular formula is C22H21ClN2O6. The molecule has 0 radical (unpaired) electrons. The van der Waals surface area contributed by atoms with Gasteiger partial charge in [0.2, 0.25) is 0 Å². The zero-order valence-electron chi connectivity index (χ0n) is 17.4. The van der Waals surface area contributed by atoms with Gasteiger partial charge in [-0.3, -0.25) is 4.79 Å². The highest BCUT2D eigenvalue weighted by atomic mass is 35.5. The van der Waals surface area contributed by atoms with E-state index in [4.69, 9.17) is 30.5 Å². The van der Waals surface area contributed by atoms with Gasteiger partial charge in [0, 0.05) is 28.2 Å². The summed E-state index contributed by atoms with van der Waals surface area (Å²) in [5, 5.41) is 3.84. The molecule has 31 heavy (non-hydrogen) atoms. The van der Waals surface area contributed by atoms with Crippen LogP contribution in [0, 0.1) is 6.92 Å². The van der Waals surface area contributed by atoms with Gasteiger partial charge in [0.15, 0.2) is 23.8 Å². The Morgan fingerprint density at radius 2 is 1.74 bits per heavy atom. The van der Waals surface area contributed by atoms with Gasteiger partial charge in [-0.2, -0.15) is 0 Å². The van der Waals surface area contributed by atoms with Gasteiger partial charge in [-0.15, -0.1) is 0 Å². The number of hydrogen-bond acceptors (Lipinski definition) is 7. The molecule has 0 unspecified atom stereocenters. The first kappa shape index (κ1) is 22.2. The summed E-state index contributed by atoms with van der Waals surface area (Å²) in [7, 11) is 4.25. The van der Waals surface area contributed by atoms with Gasteiger partial charge in [-0.25, -0.2) is 9.78 Å². The van der Waals surface area contributed by atoms with Gasteiger partial charge >= 0.3 is 5.97 Å². The summed E-state index contributed by atoms with van der Waals surface area (Å²) in [5.41, 5.74) is 1.78. The predicted octanol–water partition coefficient (Wildman–Crippen LogP) is 4.02. The molecule has 0 saturated heterocycles. The molecule has 1 N–H and O–H groups in total. The Balaban J connectivity index is 1.92. The molecule has 0 bridgehead atoms. The third kappa shape index (κ3) is 4.80. The van der Waals surface area contributed by atoms with Crippen LogP contribution >= 0.6 is 11.6 Å². The summed E-state index contributed by atoms with van der Waals surface area (Å²) >= 11 is 6.09. The fraction of sp³-hybridized carbons (Fsp3) is 0.227. The number of amides is 1. The smallest absolute Gasteiger partial charge is 0.356 e. The minimum absolute atomic E-state index is 0.0308. The van der Waals surface area contributed by atoms with E-state index in [2.05, 4.69) is 10.3 Å². The van der Waals surface area contributed by atoms with E-state index in [0.29, 0.717) is 33.1 Å². The highest BCUT2D eigenvalue weighted by Gasteiger charge is 2.17. The quantitative estimate of drug-likeness (QED) is 0.550. The molecule has 1 heterocycles. The van der Waals surface area contributed by atoms with Crippen molar-refractivity contribution in [3.05, 3.63) is 52.7 Å². The molecule has 0 aliphatic heterocycles. The lowest BCUT2D eigenvalue weighted by atomic mass is 10.1. The largest absolute Gasteiger partial charge is 0.493 e. The van der Waals surface area contributed by atoms with Crippen molar-refractivity contribution in [1.82, 2.24) is 4.98 Å². The van der Waals surface area contributed by atoms with E-state index < -0.39 is 11.9 Å². The molecule has 0 aliphatic rings. The first-order valence-electron chi connectivity index (χ1n) is 9.20. The molecule has 0 spiro atoms. The Hall–Kier alpha value is -3.52. The number of carbonyl (C=O) groups is 2. The molecule has 0 aliphatic carbocycles. The summed E-state index contributed by atoms with van der Waals surface area (Å²) in [5.74, 6) is 0.122. The molecule has 3 rings (SSSR count). The third-order valence-corrected chi connectivity index (χ3v) is 4.98. The number of carbonyl (C=O) groups excluding carboxylic acids is 2. The van der Waals surface area contributed by atoms with Crippen molar-refractivity contribution in [2.45, 2.75) is 6.92 Å². The number of pyridine rings is 1. The fourth-order valence-electron chi connectivity index (χ4n) is 2.92. The predicted molar refractivity (Wildman–Crippen MR) is 117 cm³/mol. The molecule has 0 saturated carbocycles. The van der Waals surface area contributed by atoms with Gasteiger partial charge < -0.3 is 24.3 Å². The lowest BCUT2D eigenvalue weighted by Gasteiger charge is -2.14. The van der Waals surface area contributed by atoms with E-state index >= 15 is 0 Å². The topological polar surface area (TPSA) is 96.0 Å². The molecule has 0 atom stereocenters. The van der Waals surface area contributed by atoms with Crippen LogP contribution in [0.2, 0.25) is 5.02 Å². The Morgan fingerprint density at radius 1 is 1.03 bits per heavy atom. The number of aromatic nitrogens is 1. The maximum Gasteiger partial charge on any atom is 0.356 e. The summed E-state index contributed by atoms with van der Waals surface area (Å²) in [4.78, 5) is 28.8. The molecule has 0 fully saturated rings. The van der Waals surface area contributed by atoms with Crippen molar-refractivity contribution in [2.75, 3.05) is 33.3 Å². The molecule has 9 heteroatoms. The lowest BCUT2D eigenvalue weighted by Crippen LogP contribution is -2.21. The number of nitrogens with zero attached hydrogens (tertiary/aromatic N) is 1. The normalized spacial score (nSPS) is 10.5. The van der Waals surface area contributed by atoms with Crippen LogP contribution in [-0.4, -0.2) is 44.8 Å². The number of benzene rings is 2. The van der Waals surface area contributed by atoms with E-state index in [1.54, 1.807) is 37.3 Å². The first-order valence-corrected chi connectivity index (χ1v) is 9.58. The number of ether oxygens (including phenoxy) is 4. The van der Waals surface area contributed by atoms with Crippen LogP contribution in [-0.2, 0) is 9.53 Å². The summed E-state index contributed by atoms with van der Waals surface area (Å²) in [6.07, 6.45) is 0. The zero-order valence-corrected chi connectivity index (χ0v) is 18.2. The van der Waals surface area contributed by atoms with Crippen LogP contribution in [0.5, 0.6) is 17.2 Å². The first-order chi connectivity index (χ1) is 14.9. The van der Waals surface area contributed by atoms with Gasteiger partial charge in [0.25, 0.3) is 5.91 Å². The SMILES string of the molecule is COC(=O)c1cc(OCC(=O)Nc2cccc(Cl)c2C)c2cc(OC)c(OC)cc2n1. The Morgan fingerprint density at radius 3 is 2.42 bits per heavy atom. The van der Waals surface area contributed by atoms with Crippen LogP contribution < -0.4 is 19.5 Å². The number of anilines is 1. The van der Waals surface area contributed by atoms with E-state index in [0.717, 1.165) is 5.56 Å². The van der Waals surface area contributed by atoms with E-state index in [1.165, 1.54) is 27.4 Å². The average molecular weight is 445 g/mol. The summed E-state index contributed by atoms with van der Waals surface area (Å²) < 4.78 is 21.1. The molecule has 1 aromatic heterocycles. The monoisotopic (exact) mass is 444 g/mol. The second-order valence-corrected chi connectivity index (χ2v) is 6.88. The van der Waals surface area contributed by atoms with Crippen LogP contribution in [0.15, 0.2) is 36.4 Å². The number of fused-ring (bicyclic) bond motifs is 1. The van der Waals surface area contributed by atoms with Crippen LogP contribution in [0.3, 0.4) is 0 Å². The fourth-order valence-corrected chi connectivity index (χ4v) is 3.10. The van der Waals surface area contributed by atoms with Crippen molar-refractivity contribution in [1.29, 1.82) is 0 Å². The van der Waals surface area contributed by atoms with Crippen LogP contribution in [0.4, 0.5) is 5.69 Å². The van der Waals surface area contributed by atoms with Gasteiger partial charge in [-0.1, -0.05) is 17.7 Å². The maximum absolute atomic E-state index is 12.5. The Labute approximate surface area is 184 Å². The van der Waals surface area contributed by atoms with Crippen LogP contribution in [0.1, 0.15) is 16.1 Å². The molecule has 8 nitrogen and oxygen atoms in total. The lowest BCUT2D eigenvalue weighted by molar-refractivity contribution is -0.118. The number of esters is 1. The average Bonchev–Trinajstić information content (AvgIpc) is 2.78. The molecular weight excluding hydrogens is 424 g/mol. The standard InChI is InChI=1S/C22H21ClN2O6/c1-12-14(23)6-5-7-15(12)25-21(26)11-31-18-10-17(22(27)30-4)24-16-9-20(29-3)19(28-2)8-13(16)18/h5-10H,11H2,1-4H3,(H,25,26). The minimum Gasteiger partial charge on any atom is -0.493 e. The molecule has 162 valence electrons. The third-order valence-electron chi connectivity index (χ3n) is 4.57. The second-order valence-electron chi connectivity index (χ2n) is 6.47. The van der Waals surface area contributed by atoms with Crippen LogP contribution in [0.25, 0.3) is 10.9 Å². The van der Waals surface area contributed by atoms with Crippen molar-refractivity contribution in [2.24, 2.45) is 0 Å². The van der Waals surface area contributed by atoms with Crippen molar-refractivity contribution >= 4 is 40.1 Å². The van der Waals surface area contributed by atoms with Crippen molar-refractivity contribution in [3.8, 4) is 17.2 Å². The van der Waals surface area contributed by atoms with E-state index in [-0.39, 0.29) is 18.1 Å². The highest BCUT2D eigenvalue weighted by molar-refractivity contribution is 6.31.